The number of aromatic nitrogens is 6. The van der Waals surface area contributed by atoms with Crippen LogP contribution in [-0.2, 0) is 0 Å². The Labute approximate surface area is 252 Å². The number of benzene rings is 5. The summed E-state index contributed by atoms with van der Waals surface area (Å²) in [6.45, 7) is 0. The number of hydrogen-bond donors (Lipinski definition) is 0. The first-order valence-electron chi connectivity index (χ1n) is 14.6. The zero-order valence-electron chi connectivity index (χ0n) is 23.5. The number of hydrogen-bond acceptors (Lipinski definition) is 4. The highest BCUT2D eigenvalue weighted by Crippen LogP contribution is 2.41. The van der Waals surface area contributed by atoms with E-state index in [1.807, 2.05) is 72.9 Å². The fraction of sp³-hybridized carbons (Fsp3) is 0. The molecule has 206 valence electrons. The standard InChI is InChI=1S/C38H24N6/c1-4-13-25(14-5-1)35-40-36(26-15-6-2-7-16-26)42-38(41-35)44-32-23-22-29-28-19-10-11-21-31(28)43(27-17-8-3-9-18-27)34(29)33(32)30-20-12-24-39-37(30)44/h1-24H. The maximum Gasteiger partial charge on any atom is 0.240 e. The highest BCUT2D eigenvalue weighted by Gasteiger charge is 2.23. The molecular weight excluding hydrogens is 540 g/mol. The second-order valence-electron chi connectivity index (χ2n) is 10.8. The van der Waals surface area contributed by atoms with Crippen molar-refractivity contribution in [3.8, 4) is 34.4 Å². The smallest absolute Gasteiger partial charge is 0.240 e. The number of nitrogens with zero attached hydrogens (tertiary/aromatic N) is 6. The molecule has 0 spiro atoms. The van der Waals surface area contributed by atoms with Gasteiger partial charge < -0.3 is 4.57 Å². The van der Waals surface area contributed by atoms with Crippen LogP contribution >= 0.6 is 0 Å². The molecular formula is C38H24N6. The summed E-state index contributed by atoms with van der Waals surface area (Å²) in [7, 11) is 0. The highest BCUT2D eigenvalue weighted by molar-refractivity contribution is 6.25. The first-order chi connectivity index (χ1) is 21.8. The normalized spacial score (nSPS) is 11.6. The topological polar surface area (TPSA) is 61.4 Å². The molecule has 6 nitrogen and oxygen atoms in total. The Bertz CT molecular complexity index is 2420. The molecule has 0 saturated heterocycles. The summed E-state index contributed by atoms with van der Waals surface area (Å²) < 4.78 is 4.44. The highest BCUT2D eigenvalue weighted by atomic mass is 15.2. The quantitative estimate of drug-likeness (QED) is 0.214. The van der Waals surface area contributed by atoms with Crippen LogP contribution < -0.4 is 0 Å². The minimum atomic E-state index is 0.526. The maximum atomic E-state index is 5.07. The van der Waals surface area contributed by atoms with Gasteiger partial charge in [-0.1, -0.05) is 103 Å². The molecule has 0 amide bonds. The van der Waals surface area contributed by atoms with Crippen LogP contribution in [0.25, 0.3) is 78.2 Å². The summed E-state index contributed by atoms with van der Waals surface area (Å²) in [5, 5.41) is 4.53. The van der Waals surface area contributed by atoms with Crippen molar-refractivity contribution in [1.29, 1.82) is 0 Å². The molecule has 0 saturated carbocycles. The molecule has 9 aromatic rings. The largest absolute Gasteiger partial charge is 0.309 e. The van der Waals surface area contributed by atoms with Crippen molar-refractivity contribution in [1.82, 2.24) is 29.1 Å². The van der Waals surface area contributed by atoms with Crippen molar-refractivity contribution < 1.29 is 0 Å². The lowest BCUT2D eigenvalue weighted by molar-refractivity contribution is 0.944. The van der Waals surface area contributed by atoms with Crippen molar-refractivity contribution >= 4 is 43.7 Å². The van der Waals surface area contributed by atoms with Crippen LogP contribution in [0.2, 0.25) is 0 Å². The minimum absolute atomic E-state index is 0.526. The number of para-hydroxylation sites is 2. The lowest BCUT2D eigenvalue weighted by Gasteiger charge is -2.11. The molecule has 0 bridgehead atoms. The monoisotopic (exact) mass is 564 g/mol. The molecule has 6 heteroatoms. The molecule has 9 rings (SSSR count). The van der Waals surface area contributed by atoms with E-state index in [1.165, 1.54) is 10.8 Å². The predicted octanol–water partition coefficient (Wildman–Crippen LogP) is 8.79. The van der Waals surface area contributed by atoms with Crippen molar-refractivity contribution in [2.75, 3.05) is 0 Å². The van der Waals surface area contributed by atoms with Crippen LogP contribution in [-0.4, -0.2) is 29.1 Å². The average molecular weight is 565 g/mol. The van der Waals surface area contributed by atoms with Gasteiger partial charge in [0, 0.05) is 44.6 Å². The van der Waals surface area contributed by atoms with E-state index in [9.17, 15) is 0 Å². The van der Waals surface area contributed by atoms with Crippen molar-refractivity contribution in [2.24, 2.45) is 0 Å². The molecule has 5 aromatic carbocycles. The second-order valence-corrected chi connectivity index (χ2v) is 10.8. The summed E-state index contributed by atoms with van der Waals surface area (Å²) in [6, 6.07) is 47.8. The third-order valence-electron chi connectivity index (χ3n) is 8.23. The average Bonchev–Trinajstić information content (AvgIpc) is 3.62. The summed E-state index contributed by atoms with van der Waals surface area (Å²) in [5.41, 5.74) is 7.02. The molecule has 0 fully saturated rings. The van der Waals surface area contributed by atoms with Crippen LogP contribution in [0.3, 0.4) is 0 Å². The number of rotatable bonds is 4. The zero-order valence-corrected chi connectivity index (χ0v) is 23.5. The van der Waals surface area contributed by atoms with Gasteiger partial charge in [-0.25, -0.2) is 9.97 Å². The van der Waals surface area contributed by atoms with Crippen LogP contribution in [0.5, 0.6) is 0 Å². The molecule has 44 heavy (non-hydrogen) atoms. The molecule has 0 N–H and O–H groups in total. The molecule has 0 aliphatic rings. The van der Waals surface area contributed by atoms with E-state index < -0.39 is 0 Å². The van der Waals surface area contributed by atoms with Crippen LogP contribution in [0.1, 0.15) is 0 Å². The molecule has 0 radical (unpaired) electrons. The third kappa shape index (κ3) is 3.68. The van der Waals surface area contributed by atoms with E-state index in [4.69, 9.17) is 19.9 Å². The number of fused-ring (bicyclic) bond motifs is 7. The Morgan fingerprint density at radius 3 is 1.75 bits per heavy atom. The van der Waals surface area contributed by atoms with Gasteiger partial charge in [0.05, 0.1) is 16.6 Å². The molecule has 4 heterocycles. The Kier molecular flexibility index (Phi) is 5.40. The van der Waals surface area contributed by atoms with Crippen molar-refractivity contribution in [2.45, 2.75) is 0 Å². The van der Waals surface area contributed by atoms with E-state index >= 15 is 0 Å². The molecule has 0 aliphatic heterocycles. The zero-order chi connectivity index (χ0) is 29.0. The van der Waals surface area contributed by atoms with Gasteiger partial charge in [-0.15, -0.1) is 0 Å². The van der Waals surface area contributed by atoms with Crippen LogP contribution in [0.4, 0.5) is 0 Å². The van der Waals surface area contributed by atoms with Crippen LogP contribution in [0.15, 0.2) is 146 Å². The van der Waals surface area contributed by atoms with Gasteiger partial charge in [0.2, 0.25) is 5.95 Å². The summed E-state index contributed by atoms with van der Waals surface area (Å²) in [4.78, 5) is 20.0. The Balaban J connectivity index is 1.43. The summed E-state index contributed by atoms with van der Waals surface area (Å²) in [5.74, 6) is 1.75. The fourth-order valence-electron chi connectivity index (χ4n) is 6.33. The third-order valence-corrected chi connectivity index (χ3v) is 8.23. The van der Waals surface area contributed by atoms with E-state index in [0.717, 1.165) is 49.8 Å². The van der Waals surface area contributed by atoms with Gasteiger partial charge in [-0.3, -0.25) is 4.57 Å². The Morgan fingerprint density at radius 2 is 1.05 bits per heavy atom. The fourth-order valence-corrected chi connectivity index (χ4v) is 6.33. The summed E-state index contributed by atoms with van der Waals surface area (Å²) >= 11 is 0. The minimum Gasteiger partial charge on any atom is -0.309 e. The SMILES string of the molecule is c1ccc(-c2nc(-c3ccccc3)nc(-n3c4ccc5c6ccccc6n(-c6ccccc6)c5c4c4cccnc43)n2)cc1. The van der Waals surface area contributed by atoms with Crippen molar-refractivity contribution in [3.63, 3.8) is 0 Å². The molecule has 0 aliphatic carbocycles. The molecule has 0 atom stereocenters. The van der Waals surface area contributed by atoms with Gasteiger partial charge in [0.25, 0.3) is 0 Å². The number of pyridine rings is 1. The van der Waals surface area contributed by atoms with Gasteiger partial charge >= 0.3 is 0 Å². The Hall–Kier alpha value is -6.14. The molecule has 4 aromatic heterocycles. The van der Waals surface area contributed by atoms with Gasteiger partial charge in [-0.05, 0) is 36.4 Å². The van der Waals surface area contributed by atoms with E-state index in [-0.39, 0.29) is 0 Å². The van der Waals surface area contributed by atoms with E-state index in [2.05, 4.69) is 81.9 Å². The van der Waals surface area contributed by atoms with Gasteiger partial charge in [-0.2, -0.15) is 9.97 Å². The van der Waals surface area contributed by atoms with E-state index in [1.54, 1.807) is 0 Å². The predicted molar refractivity (Wildman–Crippen MR) is 177 cm³/mol. The first kappa shape index (κ1) is 24.5. The summed E-state index contributed by atoms with van der Waals surface area (Å²) in [6.07, 6.45) is 1.83. The maximum absolute atomic E-state index is 5.07. The van der Waals surface area contributed by atoms with Crippen molar-refractivity contribution in [3.05, 3.63) is 146 Å². The molecule has 0 unspecified atom stereocenters. The lowest BCUT2D eigenvalue weighted by Crippen LogP contribution is -2.07. The van der Waals surface area contributed by atoms with Crippen LogP contribution in [0, 0.1) is 0 Å². The second kappa shape index (κ2) is 9.71. The van der Waals surface area contributed by atoms with Gasteiger partial charge in [0.1, 0.15) is 5.65 Å². The first-order valence-corrected chi connectivity index (χ1v) is 14.6. The Morgan fingerprint density at radius 1 is 0.432 bits per heavy atom. The van der Waals surface area contributed by atoms with E-state index in [0.29, 0.717) is 17.6 Å². The van der Waals surface area contributed by atoms with Gasteiger partial charge in [0.15, 0.2) is 11.6 Å². The lowest BCUT2D eigenvalue weighted by atomic mass is 10.1.